The zero-order valence-electron chi connectivity index (χ0n) is 35.7. The molecule has 0 aliphatic rings. The summed E-state index contributed by atoms with van der Waals surface area (Å²) < 4.78 is 33.8. The van der Waals surface area contributed by atoms with E-state index < -0.39 is 32.5 Å². The molecule has 0 aromatic rings. The summed E-state index contributed by atoms with van der Waals surface area (Å²) in [5.74, 6) is -0.925. The number of allylic oxidation sites excluding steroid dienone is 1. The second-order valence-electron chi connectivity index (χ2n) is 16.0. The molecule has 13 heteroatoms. The number of rotatable bonds is 41. The normalized spacial score (nSPS) is 14.2. The van der Waals surface area contributed by atoms with Crippen molar-refractivity contribution < 1.29 is 57.2 Å². The van der Waals surface area contributed by atoms with E-state index in [1.165, 1.54) is 89.9 Å². The largest absolute Gasteiger partial charge is 0.756 e. The Hall–Kier alpha value is -1.37. The van der Waals surface area contributed by atoms with E-state index in [1.54, 1.807) is 0 Å². The quantitative estimate of drug-likeness (QED) is 0.0120. The molecule has 0 saturated heterocycles. The molecule has 0 amide bonds. The summed E-state index contributed by atoms with van der Waals surface area (Å²) in [6.45, 7) is 4.04. The molecule has 0 radical (unpaired) electrons. The van der Waals surface area contributed by atoms with Crippen LogP contribution in [0.5, 0.6) is 0 Å². The minimum absolute atomic E-state index is 0.0539. The van der Waals surface area contributed by atoms with Crippen molar-refractivity contribution in [3.63, 3.8) is 0 Å². The minimum Gasteiger partial charge on any atom is -0.756 e. The number of likely N-dealkylation sites (N-methyl/N-ethyl adjacent to an activating group) is 1. The van der Waals surface area contributed by atoms with Crippen molar-refractivity contribution in [2.75, 3.05) is 47.5 Å². The highest BCUT2D eigenvalue weighted by Crippen LogP contribution is 2.38. The van der Waals surface area contributed by atoms with Crippen molar-refractivity contribution in [1.82, 2.24) is 0 Å². The fourth-order valence-electron chi connectivity index (χ4n) is 6.03. The summed E-state index contributed by atoms with van der Waals surface area (Å²) in [6.07, 6.45) is 30.6. The Balaban J connectivity index is 4.54. The number of phosphoric acid groups is 1. The average molecular weight is 808 g/mol. The van der Waals surface area contributed by atoms with Gasteiger partial charge >= 0.3 is 11.9 Å². The summed E-state index contributed by atoms with van der Waals surface area (Å²) in [5.41, 5.74) is 0. The van der Waals surface area contributed by atoms with Gasteiger partial charge in [0.05, 0.1) is 27.7 Å². The van der Waals surface area contributed by atoms with Crippen LogP contribution >= 0.6 is 7.82 Å². The van der Waals surface area contributed by atoms with Gasteiger partial charge in [-0.15, -0.1) is 0 Å². The van der Waals surface area contributed by atoms with Gasteiger partial charge in [-0.1, -0.05) is 159 Å². The third-order valence-electron chi connectivity index (χ3n) is 9.50. The Morgan fingerprint density at radius 1 is 0.673 bits per heavy atom. The first-order valence-corrected chi connectivity index (χ1v) is 23.3. The van der Waals surface area contributed by atoms with Crippen LogP contribution in [-0.2, 0) is 42.6 Å². The van der Waals surface area contributed by atoms with Gasteiger partial charge in [-0.2, -0.15) is 4.89 Å². The molecular formula is C42H82NO11P. The molecule has 0 aromatic carbocycles. The lowest BCUT2D eigenvalue weighted by molar-refractivity contribution is -0.870. The average Bonchev–Trinajstić information content (AvgIpc) is 3.13. The van der Waals surface area contributed by atoms with Gasteiger partial charge in [0.2, 0.25) is 0 Å². The van der Waals surface area contributed by atoms with E-state index >= 15 is 0 Å². The molecule has 55 heavy (non-hydrogen) atoms. The van der Waals surface area contributed by atoms with Gasteiger partial charge in [0, 0.05) is 12.8 Å². The van der Waals surface area contributed by atoms with Crippen molar-refractivity contribution in [3.8, 4) is 0 Å². The standard InChI is InChI=1S/C42H82NO11P/c1-6-8-10-12-14-15-16-17-18-19-21-25-29-33-41(44)49-37-40(38-51-55(47,48)50-36-35-43(3,4)5)52-42(45)34-30-26-22-24-28-32-39(53-54-46)31-27-23-20-13-11-9-7-2/h27,31,39-40H,6-26,28-30,32-38H2,1-5H3,(H-,46,47,48)/b31-27-/t39?,40-/m1/s1. The molecule has 326 valence electrons. The van der Waals surface area contributed by atoms with Crippen molar-refractivity contribution >= 4 is 19.8 Å². The number of quaternary nitrogens is 1. The van der Waals surface area contributed by atoms with E-state index in [1.807, 2.05) is 27.2 Å². The van der Waals surface area contributed by atoms with E-state index in [9.17, 15) is 19.0 Å². The van der Waals surface area contributed by atoms with Crippen LogP contribution in [0.1, 0.15) is 187 Å². The molecule has 1 N–H and O–H groups in total. The summed E-state index contributed by atoms with van der Waals surface area (Å²) in [4.78, 5) is 42.5. The first kappa shape index (κ1) is 53.6. The smallest absolute Gasteiger partial charge is 0.306 e. The molecular weight excluding hydrogens is 725 g/mol. The van der Waals surface area contributed by atoms with Gasteiger partial charge in [0.1, 0.15) is 25.9 Å². The van der Waals surface area contributed by atoms with Crippen molar-refractivity contribution in [2.45, 2.75) is 199 Å². The number of unbranched alkanes of at least 4 members (excludes halogenated alkanes) is 21. The second-order valence-corrected chi connectivity index (χ2v) is 17.4. The molecule has 12 nitrogen and oxygen atoms in total. The highest BCUT2D eigenvalue weighted by molar-refractivity contribution is 7.45. The highest BCUT2D eigenvalue weighted by atomic mass is 31.2. The van der Waals surface area contributed by atoms with Gasteiger partial charge in [0.25, 0.3) is 7.82 Å². The first-order chi connectivity index (χ1) is 26.4. The first-order valence-electron chi connectivity index (χ1n) is 21.8. The predicted octanol–water partition coefficient (Wildman–Crippen LogP) is 10.6. The Kier molecular flexibility index (Phi) is 36.0. The summed E-state index contributed by atoms with van der Waals surface area (Å²) in [7, 11) is 1.08. The highest BCUT2D eigenvalue weighted by Gasteiger charge is 2.22. The Morgan fingerprint density at radius 3 is 1.69 bits per heavy atom. The maximum absolute atomic E-state index is 12.7. The molecule has 0 aliphatic heterocycles. The van der Waals surface area contributed by atoms with Crippen molar-refractivity contribution in [2.24, 2.45) is 0 Å². The molecule has 0 fully saturated rings. The zero-order chi connectivity index (χ0) is 40.9. The predicted molar refractivity (Wildman–Crippen MR) is 217 cm³/mol. The number of nitrogens with zero attached hydrogens (tertiary/aromatic N) is 1. The zero-order valence-corrected chi connectivity index (χ0v) is 36.5. The minimum atomic E-state index is -4.66. The molecule has 0 aliphatic carbocycles. The van der Waals surface area contributed by atoms with E-state index in [0.717, 1.165) is 51.4 Å². The maximum atomic E-state index is 12.7. The van der Waals surface area contributed by atoms with Crippen molar-refractivity contribution in [1.29, 1.82) is 0 Å². The Labute approximate surface area is 335 Å². The van der Waals surface area contributed by atoms with Crippen molar-refractivity contribution in [3.05, 3.63) is 12.2 Å². The molecule has 0 rings (SSSR count). The summed E-state index contributed by atoms with van der Waals surface area (Å²) in [5, 5.41) is 12.7. The Bertz CT molecular complexity index is 976. The number of carbonyl (C=O) groups excluding carboxylic acids is 2. The summed E-state index contributed by atoms with van der Waals surface area (Å²) >= 11 is 0. The number of hydrogen-bond donors (Lipinski definition) is 1. The molecule has 0 saturated carbocycles. The number of phosphoric ester groups is 1. The molecule has 0 heterocycles. The third kappa shape index (κ3) is 39.2. The lowest BCUT2D eigenvalue weighted by Crippen LogP contribution is -2.37. The summed E-state index contributed by atoms with van der Waals surface area (Å²) in [6, 6.07) is 0. The van der Waals surface area contributed by atoms with Crippen LogP contribution in [0.3, 0.4) is 0 Å². The Morgan fingerprint density at radius 2 is 1.16 bits per heavy atom. The number of hydrogen-bond acceptors (Lipinski definition) is 11. The van der Waals surface area contributed by atoms with E-state index in [-0.39, 0.29) is 32.2 Å². The van der Waals surface area contributed by atoms with Crippen LogP contribution in [0.15, 0.2) is 12.2 Å². The molecule has 3 atom stereocenters. The van der Waals surface area contributed by atoms with E-state index in [0.29, 0.717) is 30.3 Å². The van der Waals surface area contributed by atoms with Gasteiger partial charge in [0.15, 0.2) is 6.10 Å². The lowest BCUT2D eigenvalue weighted by Gasteiger charge is -2.28. The molecule has 0 spiro atoms. The van der Waals surface area contributed by atoms with E-state index in [4.69, 9.17) is 28.7 Å². The topological polar surface area (TPSA) is 150 Å². The van der Waals surface area contributed by atoms with Gasteiger partial charge in [-0.25, -0.2) is 5.26 Å². The van der Waals surface area contributed by atoms with Crippen LogP contribution in [0, 0.1) is 0 Å². The second kappa shape index (κ2) is 36.9. The van der Waals surface area contributed by atoms with Crippen LogP contribution < -0.4 is 4.89 Å². The SMILES string of the molecule is CCCCCCC/C=C\C(CCCCCCCC(=O)O[C@H](COC(=O)CCCCCCCCCCCCCCC)COP(=O)([O-])OCC[N+](C)(C)C)OOO. The lowest BCUT2D eigenvalue weighted by atomic mass is 10.0. The van der Waals surface area contributed by atoms with Crippen LogP contribution in [0.25, 0.3) is 0 Å². The van der Waals surface area contributed by atoms with Crippen LogP contribution in [-0.4, -0.2) is 81.4 Å². The third-order valence-corrected chi connectivity index (χ3v) is 10.5. The van der Waals surface area contributed by atoms with Crippen LogP contribution in [0.2, 0.25) is 0 Å². The molecule has 2 unspecified atom stereocenters. The number of ether oxygens (including phenoxy) is 2. The number of esters is 2. The maximum Gasteiger partial charge on any atom is 0.306 e. The monoisotopic (exact) mass is 808 g/mol. The molecule has 0 aromatic heterocycles. The van der Waals surface area contributed by atoms with Gasteiger partial charge in [-0.05, 0) is 32.1 Å². The van der Waals surface area contributed by atoms with Gasteiger partial charge < -0.3 is 27.9 Å². The fourth-order valence-corrected chi connectivity index (χ4v) is 6.76. The van der Waals surface area contributed by atoms with Gasteiger partial charge in [-0.3, -0.25) is 14.2 Å². The number of carbonyl (C=O) groups is 2. The van der Waals surface area contributed by atoms with Crippen LogP contribution in [0.4, 0.5) is 0 Å². The fraction of sp³-hybridized carbons (Fsp3) is 0.905. The molecule has 0 bridgehead atoms. The van der Waals surface area contributed by atoms with E-state index in [2.05, 4.69) is 25.0 Å².